The number of carbonyl (C=O) groups is 1. The van der Waals surface area contributed by atoms with E-state index in [2.05, 4.69) is 12.0 Å². The summed E-state index contributed by atoms with van der Waals surface area (Å²) < 4.78 is 1.70. The highest BCUT2D eigenvalue weighted by Crippen LogP contribution is 2.15. The van der Waals surface area contributed by atoms with E-state index in [0.717, 1.165) is 24.2 Å². The minimum absolute atomic E-state index is 0.0893. The third kappa shape index (κ3) is 2.27. The molecule has 94 valence electrons. The predicted octanol–water partition coefficient (Wildman–Crippen LogP) is 2.70. The summed E-state index contributed by atoms with van der Waals surface area (Å²) in [6.45, 7) is 4.09. The highest BCUT2D eigenvalue weighted by molar-refractivity contribution is 5.85. The first kappa shape index (κ1) is 12.4. The van der Waals surface area contributed by atoms with Gasteiger partial charge in [-0.3, -0.25) is 0 Å². The zero-order valence-corrected chi connectivity index (χ0v) is 10.6. The lowest BCUT2D eigenvalue weighted by atomic mass is 10.1. The number of aromatic nitrogens is 2. The van der Waals surface area contributed by atoms with Gasteiger partial charge in [-0.2, -0.15) is 5.10 Å². The van der Waals surface area contributed by atoms with Crippen LogP contribution in [0.3, 0.4) is 0 Å². The van der Waals surface area contributed by atoms with E-state index in [1.165, 1.54) is 5.56 Å². The average Bonchev–Trinajstić information content (AvgIpc) is 2.83. The van der Waals surface area contributed by atoms with Crippen molar-refractivity contribution in [1.29, 1.82) is 0 Å². The maximum Gasteiger partial charge on any atom is 0.356 e. The van der Waals surface area contributed by atoms with Crippen molar-refractivity contribution in [3.63, 3.8) is 0 Å². The highest BCUT2D eigenvalue weighted by atomic mass is 16.4. The highest BCUT2D eigenvalue weighted by Gasteiger charge is 2.12. The number of aryl methyl sites for hydroxylation is 2. The van der Waals surface area contributed by atoms with Gasteiger partial charge in [0.25, 0.3) is 0 Å². The van der Waals surface area contributed by atoms with Crippen molar-refractivity contribution < 1.29 is 9.90 Å². The maximum atomic E-state index is 10.9. The van der Waals surface area contributed by atoms with E-state index in [9.17, 15) is 4.79 Å². The molecule has 0 spiro atoms. The summed E-state index contributed by atoms with van der Waals surface area (Å²) in [5, 5.41) is 13.1. The number of hydrogen-bond acceptors (Lipinski definition) is 2. The topological polar surface area (TPSA) is 55.1 Å². The summed E-state index contributed by atoms with van der Waals surface area (Å²) in [6.07, 6.45) is 1.73. The second-order valence-electron chi connectivity index (χ2n) is 4.11. The lowest BCUT2D eigenvalue weighted by Gasteiger charge is -2.06. The average molecular weight is 244 g/mol. The first-order valence-corrected chi connectivity index (χ1v) is 6.07. The van der Waals surface area contributed by atoms with Gasteiger partial charge >= 0.3 is 5.97 Å². The third-order valence-electron chi connectivity index (χ3n) is 2.95. The molecule has 2 aromatic rings. The molecule has 4 nitrogen and oxygen atoms in total. The SMILES string of the molecule is CCc1ccc(-n2nc(C(=O)O)cc2CC)cc1. The Morgan fingerprint density at radius 1 is 1.22 bits per heavy atom. The van der Waals surface area contributed by atoms with Crippen LogP contribution in [-0.4, -0.2) is 20.9 Å². The van der Waals surface area contributed by atoms with E-state index in [-0.39, 0.29) is 5.69 Å². The molecule has 2 rings (SSSR count). The van der Waals surface area contributed by atoms with Crippen LogP contribution in [0, 0.1) is 0 Å². The van der Waals surface area contributed by atoms with E-state index in [0.29, 0.717) is 0 Å². The van der Waals surface area contributed by atoms with E-state index in [4.69, 9.17) is 5.11 Å². The molecular formula is C14H16N2O2. The van der Waals surface area contributed by atoms with Gasteiger partial charge in [0.2, 0.25) is 0 Å². The van der Waals surface area contributed by atoms with Crippen LogP contribution in [0.4, 0.5) is 0 Å². The largest absolute Gasteiger partial charge is 0.476 e. The van der Waals surface area contributed by atoms with Gasteiger partial charge in [-0.25, -0.2) is 9.48 Å². The standard InChI is InChI=1S/C14H16N2O2/c1-3-10-5-7-12(8-6-10)16-11(4-2)9-13(15-16)14(17)18/h5-9H,3-4H2,1-2H3,(H,17,18). The lowest BCUT2D eigenvalue weighted by Crippen LogP contribution is -2.03. The van der Waals surface area contributed by atoms with Crippen molar-refractivity contribution in [3.8, 4) is 5.69 Å². The van der Waals surface area contributed by atoms with Gasteiger partial charge in [0, 0.05) is 5.69 Å². The molecule has 0 bridgehead atoms. The van der Waals surface area contributed by atoms with Gasteiger partial charge in [0.05, 0.1) is 5.69 Å². The second-order valence-corrected chi connectivity index (χ2v) is 4.11. The fourth-order valence-corrected chi connectivity index (χ4v) is 1.87. The summed E-state index contributed by atoms with van der Waals surface area (Å²) in [5.74, 6) is -0.992. The minimum atomic E-state index is -0.992. The molecule has 18 heavy (non-hydrogen) atoms. The molecule has 1 heterocycles. The number of carboxylic acids is 1. The summed E-state index contributed by atoms with van der Waals surface area (Å²) in [7, 11) is 0. The van der Waals surface area contributed by atoms with Gasteiger partial charge in [0.1, 0.15) is 0 Å². The second kappa shape index (κ2) is 5.04. The van der Waals surface area contributed by atoms with Crippen LogP contribution in [0.1, 0.15) is 35.6 Å². The Labute approximate surface area is 106 Å². The van der Waals surface area contributed by atoms with Crippen molar-refractivity contribution in [2.75, 3.05) is 0 Å². The first-order chi connectivity index (χ1) is 8.65. The molecule has 0 saturated carbocycles. The number of nitrogens with zero attached hydrogens (tertiary/aromatic N) is 2. The van der Waals surface area contributed by atoms with Crippen LogP contribution in [0.5, 0.6) is 0 Å². The van der Waals surface area contributed by atoms with Gasteiger partial charge in [-0.1, -0.05) is 26.0 Å². The number of aromatic carboxylic acids is 1. The van der Waals surface area contributed by atoms with Gasteiger partial charge in [0.15, 0.2) is 5.69 Å². The predicted molar refractivity (Wildman–Crippen MR) is 69.3 cm³/mol. The molecule has 0 atom stereocenters. The zero-order chi connectivity index (χ0) is 13.1. The molecule has 0 fully saturated rings. The Morgan fingerprint density at radius 2 is 1.89 bits per heavy atom. The van der Waals surface area contributed by atoms with Crippen LogP contribution in [0.2, 0.25) is 0 Å². The molecule has 0 amide bonds. The zero-order valence-electron chi connectivity index (χ0n) is 10.6. The van der Waals surface area contributed by atoms with Gasteiger partial charge < -0.3 is 5.11 Å². The fourth-order valence-electron chi connectivity index (χ4n) is 1.87. The quantitative estimate of drug-likeness (QED) is 0.899. The molecule has 0 unspecified atom stereocenters. The molecule has 0 radical (unpaired) electrons. The van der Waals surface area contributed by atoms with Crippen molar-refractivity contribution in [2.45, 2.75) is 26.7 Å². The van der Waals surface area contributed by atoms with Crippen LogP contribution in [0.25, 0.3) is 5.69 Å². The number of benzene rings is 1. The molecule has 0 saturated heterocycles. The van der Waals surface area contributed by atoms with Crippen LogP contribution < -0.4 is 0 Å². The molecule has 0 aliphatic carbocycles. The molecule has 1 aromatic heterocycles. The van der Waals surface area contributed by atoms with Crippen LogP contribution in [0.15, 0.2) is 30.3 Å². The van der Waals surface area contributed by atoms with Crippen molar-refractivity contribution >= 4 is 5.97 Å². The molecule has 0 aliphatic rings. The van der Waals surface area contributed by atoms with E-state index >= 15 is 0 Å². The van der Waals surface area contributed by atoms with Crippen LogP contribution in [-0.2, 0) is 12.8 Å². The van der Waals surface area contributed by atoms with Crippen molar-refractivity contribution in [3.05, 3.63) is 47.3 Å². The number of carboxylic acid groups (broad SMARTS) is 1. The third-order valence-corrected chi connectivity index (χ3v) is 2.95. The van der Waals surface area contributed by atoms with E-state index in [1.54, 1.807) is 10.7 Å². The summed E-state index contributed by atoms with van der Waals surface area (Å²) in [6, 6.07) is 9.64. The van der Waals surface area contributed by atoms with E-state index in [1.807, 2.05) is 31.2 Å². The number of hydrogen-bond donors (Lipinski definition) is 1. The Hall–Kier alpha value is -2.10. The maximum absolute atomic E-state index is 10.9. The Kier molecular flexibility index (Phi) is 3.46. The Morgan fingerprint density at radius 3 is 2.39 bits per heavy atom. The van der Waals surface area contributed by atoms with E-state index < -0.39 is 5.97 Å². The first-order valence-electron chi connectivity index (χ1n) is 6.07. The molecule has 4 heteroatoms. The monoisotopic (exact) mass is 244 g/mol. The Balaban J connectivity index is 2.44. The van der Waals surface area contributed by atoms with Crippen LogP contribution >= 0.6 is 0 Å². The smallest absolute Gasteiger partial charge is 0.356 e. The van der Waals surface area contributed by atoms with Crippen molar-refractivity contribution in [2.24, 2.45) is 0 Å². The van der Waals surface area contributed by atoms with Gasteiger partial charge in [-0.05, 0) is 36.6 Å². The Bertz CT molecular complexity index is 556. The summed E-state index contributed by atoms with van der Waals surface area (Å²) >= 11 is 0. The molecule has 1 N–H and O–H groups in total. The van der Waals surface area contributed by atoms with Gasteiger partial charge in [-0.15, -0.1) is 0 Å². The molecule has 1 aromatic carbocycles. The number of rotatable bonds is 4. The summed E-state index contributed by atoms with van der Waals surface area (Å²) in [5.41, 5.74) is 3.14. The summed E-state index contributed by atoms with van der Waals surface area (Å²) in [4.78, 5) is 10.9. The minimum Gasteiger partial charge on any atom is -0.476 e. The fraction of sp³-hybridized carbons (Fsp3) is 0.286. The lowest BCUT2D eigenvalue weighted by molar-refractivity contribution is 0.0690. The molecular weight excluding hydrogens is 228 g/mol. The van der Waals surface area contributed by atoms with Crippen molar-refractivity contribution in [1.82, 2.24) is 9.78 Å². The normalized spacial score (nSPS) is 10.6. The molecule has 0 aliphatic heterocycles.